The van der Waals surface area contributed by atoms with Crippen LogP contribution in [-0.4, -0.2) is 34.6 Å². The van der Waals surface area contributed by atoms with E-state index in [0.717, 1.165) is 23.2 Å². The van der Waals surface area contributed by atoms with Gasteiger partial charge >= 0.3 is 12.1 Å². The van der Waals surface area contributed by atoms with Crippen LogP contribution < -0.4 is 0 Å². The topological polar surface area (TPSA) is 72.6 Å². The van der Waals surface area contributed by atoms with Crippen LogP contribution in [0, 0.1) is 11.6 Å². The Labute approximate surface area is 179 Å². The second-order valence-corrected chi connectivity index (χ2v) is 8.18. The van der Waals surface area contributed by atoms with Gasteiger partial charge in [0.15, 0.2) is 23.1 Å². The number of rotatable bonds is 3. The predicted octanol–water partition coefficient (Wildman–Crippen LogP) is 4.70. The maximum Gasteiger partial charge on any atom is 0.437 e. The summed E-state index contributed by atoms with van der Waals surface area (Å²) in [5.41, 5.74) is -4.16. The minimum Gasteiger partial charge on any atom is -0.459 e. The number of fused-ring (bicyclic) bond motifs is 1. The molecule has 0 N–H and O–H groups in total. The molecule has 32 heavy (non-hydrogen) atoms. The Hall–Kier alpha value is -3.24. The van der Waals surface area contributed by atoms with Crippen LogP contribution in [0.5, 0.6) is 0 Å². The minimum atomic E-state index is -4.95. The average Bonchev–Trinajstić information content (AvgIpc) is 3.08. The molecule has 1 amide bonds. The van der Waals surface area contributed by atoms with Crippen molar-refractivity contribution in [2.24, 2.45) is 0 Å². The third-order valence-corrected chi connectivity index (χ3v) is 4.69. The molecule has 0 bridgehead atoms. The molecule has 6 nitrogen and oxygen atoms in total. The van der Waals surface area contributed by atoms with Gasteiger partial charge in [0.1, 0.15) is 0 Å². The first kappa shape index (κ1) is 23.4. The number of hydrogen-bond acceptors (Lipinski definition) is 5. The highest BCUT2D eigenvalue weighted by Crippen LogP contribution is 2.43. The molecule has 0 aliphatic carbocycles. The van der Waals surface area contributed by atoms with E-state index in [4.69, 9.17) is 9.26 Å². The Balaban J connectivity index is 2.21. The van der Waals surface area contributed by atoms with E-state index in [-0.39, 0.29) is 17.9 Å². The molecule has 0 saturated heterocycles. The Bertz CT molecular complexity index is 1100. The minimum absolute atomic E-state index is 0.247. The Morgan fingerprint density at radius 3 is 2.41 bits per heavy atom. The van der Waals surface area contributed by atoms with Crippen LogP contribution in [0.3, 0.4) is 0 Å². The van der Waals surface area contributed by atoms with E-state index < -0.39 is 58.0 Å². The third kappa shape index (κ3) is 4.37. The van der Waals surface area contributed by atoms with Crippen molar-refractivity contribution in [2.45, 2.75) is 45.4 Å². The zero-order chi connectivity index (χ0) is 24.0. The quantitative estimate of drug-likeness (QED) is 0.493. The number of carbonyl (C=O) groups excluding carboxylic acids is 2. The lowest BCUT2D eigenvalue weighted by atomic mass is 9.86. The highest BCUT2D eigenvalue weighted by molar-refractivity contribution is 6.18. The van der Waals surface area contributed by atoms with Crippen LogP contribution in [0.4, 0.5) is 22.0 Å². The van der Waals surface area contributed by atoms with Crippen molar-refractivity contribution in [3.05, 3.63) is 58.6 Å². The fourth-order valence-corrected chi connectivity index (χ4v) is 3.32. The largest absolute Gasteiger partial charge is 0.459 e. The lowest BCUT2D eigenvalue weighted by molar-refractivity contribution is -0.143. The summed E-state index contributed by atoms with van der Waals surface area (Å²) in [4.78, 5) is 26.7. The SMILES string of the molecule is CC(C)OC(=O)C1=CN(C(=O)c2ccc(F)c(F)c2)CC(C)(C)c2onc(C(F)(F)F)c21. The van der Waals surface area contributed by atoms with Crippen LogP contribution in [0.15, 0.2) is 28.9 Å². The van der Waals surface area contributed by atoms with Crippen molar-refractivity contribution in [2.75, 3.05) is 6.54 Å². The summed E-state index contributed by atoms with van der Waals surface area (Å²) in [6, 6.07) is 2.44. The highest BCUT2D eigenvalue weighted by atomic mass is 19.4. The number of aromatic nitrogens is 1. The second kappa shape index (κ2) is 8.03. The van der Waals surface area contributed by atoms with Gasteiger partial charge in [-0.15, -0.1) is 0 Å². The molecule has 11 heteroatoms. The first-order valence-corrected chi connectivity index (χ1v) is 9.49. The number of halogens is 5. The van der Waals surface area contributed by atoms with Crippen molar-refractivity contribution in [3.8, 4) is 0 Å². The van der Waals surface area contributed by atoms with Crippen LogP contribution in [0.2, 0.25) is 0 Å². The van der Waals surface area contributed by atoms with Crippen molar-refractivity contribution in [1.82, 2.24) is 10.1 Å². The molecule has 3 rings (SSSR count). The summed E-state index contributed by atoms with van der Waals surface area (Å²) in [5, 5.41) is 3.12. The summed E-state index contributed by atoms with van der Waals surface area (Å²) >= 11 is 0. The van der Waals surface area contributed by atoms with Crippen molar-refractivity contribution in [3.63, 3.8) is 0 Å². The lowest BCUT2D eigenvalue weighted by Gasteiger charge is -2.27. The third-order valence-electron chi connectivity index (χ3n) is 4.69. The van der Waals surface area contributed by atoms with E-state index in [1.54, 1.807) is 0 Å². The van der Waals surface area contributed by atoms with Gasteiger partial charge < -0.3 is 14.2 Å². The zero-order valence-electron chi connectivity index (χ0n) is 17.5. The zero-order valence-corrected chi connectivity index (χ0v) is 17.5. The Morgan fingerprint density at radius 2 is 1.84 bits per heavy atom. The van der Waals surface area contributed by atoms with Crippen LogP contribution in [-0.2, 0) is 21.1 Å². The van der Waals surface area contributed by atoms with Gasteiger partial charge in [0.25, 0.3) is 5.91 Å². The van der Waals surface area contributed by atoms with Gasteiger partial charge in [-0.25, -0.2) is 13.6 Å². The maximum absolute atomic E-state index is 13.7. The maximum atomic E-state index is 13.7. The molecule has 0 radical (unpaired) electrons. The molecule has 0 fully saturated rings. The van der Waals surface area contributed by atoms with Gasteiger partial charge in [-0.05, 0) is 32.0 Å². The first-order valence-electron chi connectivity index (χ1n) is 9.49. The van der Waals surface area contributed by atoms with E-state index in [9.17, 15) is 31.5 Å². The molecule has 1 aliphatic rings. The molecule has 2 aromatic rings. The molecule has 0 saturated carbocycles. The molecule has 1 aromatic carbocycles. The first-order chi connectivity index (χ1) is 14.7. The summed E-state index contributed by atoms with van der Waals surface area (Å²) in [6.45, 7) is 5.74. The smallest absolute Gasteiger partial charge is 0.437 e. The number of hydrogen-bond donors (Lipinski definition) is 0. The lowest BCUT2D eigenvalue weighted by Crippen LogP contribution is -2.36. The molecule has 0 unspecified atom stereocenters. The van der Waals surface area contributed by atoms with Gasteiger partial charge in [-0.3, -0.25) is 4.79 Å². The Kier molecular flexibility index (Phi) is 5.88. The average molecular weight is 458 g/mol. The van der Waals surface area contributed by atoms with Gasteiger partial charge in [-0.2, -0.15) is 13.2 Å². The normalized spacial score (nSPS) is 15.8. The number of carbonyl (C=O) groups is 2. The van der Waals surface area contributed by atoms with Crippen LogP contribution in [0.25, 0.3) is 5.57 Å². The molecule has 1 aromatic heterocycles. The van der Waals surface area contributed by atoms with E-state index in [0.29, 0.717) is 6.07 Å². The molecule has 2 heterocycles. The molecule has 0 spiro atoms. The van der Waals surface area contributed by atoms with E-state index in [2.05, 4.69) is 5.16 Å². The summed E-state index contributed by atoms with van der Waals surface area (Å²) in [6.07, 6.45) is -4.73. The monoisotopic (exact) mass is 458 g/mol. The molecule has 1 aliphatic heterocycles. The van der Waals surface area contributed by atoms with Gasteiger partial charge in [0, 0.05) is 23.7 Å². The van der Waals surface area contributed by atoms with Gasteiger partial charge in [-0.1, -0.05) is 19.0 Å². The number of amides is 1. The molecule has 0 atom stereocenters. The van der Waals surface area contributed by atoms with Crippen LogP contribution >= 0.6 is 0 Å². The van der Waals surface area contributed by atoms with Crippen molar-refractivity contribution in [1.29, 1.82) is 0 Å². The summed E-state index contributed by atoms with van der Waals surface area (Å²) in [5.74, 6) is -4.70. The fourth-order valence-electron chi connectivity index (χ4n) is 3.32. The fraction of sp³-hybridized carbons (Fsp3) is 0.381. The standard InChI is InChI=1S/C21H19F5N2O4/c1-10(2)31-19(30)12-8-28(18(29)11-5-6-13(22)14(23)7-11)9-20(3,4)17-15(12)16(27-32-17)21(24,25)26/h5-8,10H,9H2,1-4H3. The molecular weight excluding hydrogens is 439 g/mol. The van der Waals surface area contributed by atoms with Crippen LogP contribution in [0.1, 0.15) is 55.1 Å². The van der Waals surface area contributed by atoms with Crippen molar-refractivity contribution < 1.29 is 40.8 Å². The number of alkyl halides is 3. The second-order valence-electron chi connectivity index (χ2n) is 8.18. The number of esters is 1. The predicted molar refractivity (Wildman–Crippen MR) is 101 cm³/mol. The molecular formula is C21H19F5N2O4. The number of benzene rings is 1. The number of nitrogens with zero attached hydrogens (tertiary/aromatic N) is 2. The van der Waals surface area contributed by atoms with E-state index in [1.807, 2.05) is 0 Å². The molecule has 172 valence electrons. The van der Waals surface area contributed by atoms with Crippen molar-refractivity contribution >= 4 is 17.4 Å². The highest BCUT2D eigenvalue weighted by Gasteiger charge is 2.47. The summed E-state index contributed by atoms with van der Waals surface area (Å²) in [7, 11) is 0. The van der Waals surface area contributed by atoms with Gasteiger partial charge in [0.05, 0.1) is 17.2 Å². The number of ether oxygens (including phenoxy) is 1. The van der Waals surface area contributed by atoms with E-state index in [1.165, 1.54) is 27.7 Å². The summed E-state index contributed by atoms with van der Waals surface area (Å²) < 4.78 is 77.9. The van der Waals surface area contributed by atoms with E-state index >= 15 is 0 Å². The Morgan fingerprint density at radius 1 is 1.19 bits per heavy atom. The van der Waals surface area contributed by atoms with Gasteiger partial charge in [0.2, 0.25) is 0 Å².